The average Bonchev–Trinajstić information content (AvgIpc) is 2.97. The molecule has 1 saturated heterocycles. The van der Waals surface area contributed by atoms with Crippen LogP contribution in [0.1, 0.15) is 50.5 Å². The molecule has 1 aliphatic heterocycles. The zero-order valence-corrected chi connectivity index (χ0v) is 11.3. The van der Waals surface area contributed by atoms with Gasteiger partial charge in [0.05, 0.1) is 12.7 Å². The van der Waals surface area contributed by atoms with Crippen molar-refractivity contribution < 1.29 is 9.84 Å². The van der Waals surface area contributed by atoms with E-state index < -0.39 is 0 Å². The van der Waals surface area contributed by atoms with Crippen molar-refractivity contribution in [1.29, 1.82) is 0 Å². The molecule has 3 N–H and O–H groups in total. The SMILES string of the molecule is C.C.C.C.CC1CO1.CC[SiH2]CC.CN.CO. The van der Waals surface area contributed by atoms with E-state index in [-0.39, 0.29) is 29.7 Å². The maximum Gasteiger partial charge on any atom is 0.0781 e. The molecular formula is C13H43NO2Si. The molecule has 1 atom stereocenters. The molecule has 0 radical (unpaired) electrons. The van der Waals surface area contributed by atoms with Crippen LogP contribution in [0.5, 0.6) is 0 Å². The summed E-state index contributed by atoms with van der Waals surface area (Å²) >= 11 is 0. The van der Waals surface area contributed by atoms with Crippen molar-refractivity contribution in [2.24, 2.45) is 5.73 Å². The zero-order chi connectivity index (χ0) is 11.1. The molecule has 4 heteroatoms. The molecule has 0 aromatic heterocycles. The van der Waals surface area contributed by atoms with Gasteiger partial charge in [0.1, 0.15) is 0 Å². The highest BCUT2D eigenvalue weighted by molar-refractivity contribution is 6.34. The predicted molar refractivity (Wildman–Crippen MR) is 90.1 cm³/mol. The van der Waals surface area contributed by atoms with Crippen LogP contribution in [-0.4, -0.2) is 41.5 Å². The fraction of sp³-hybridized carbons (Fsp3) is 1.00. The Labute approximate surface area is 115 Å². The minimum Gasteiger partial charge on any atom is -0.400 e. The van der Waals surface area contributed by atoms with Crippen molar-refractivity contribution >= 4 is 9.52 Å². The van der Waals surface area contributed by atoms with E-state index in [1.807, 2.05) is 0 Å². The molecule has 0 amide bonds. The zero-order valence-electron chi connectivity index (χ0n) is 9.84. The van der Waals surface area contributed by atoms with Crippen LogP contribution in [0.25, 0.3) is 0 Å². The molecule has 0 spiro atoms. The van der Waals surface area contributed by atoms with Crippen LogP contribution in [0.15, 0.2) is 0 Å². The van der Waals surface area contributed by atoms with Gasteiger partial charge in [-0.05, 0) is 14.0 Å². The Morgan fingerprint density at radius 1 is 1.06 bits per heavy atom. The van der Waals surface area contributed by atoms with Gasteiger partial charge in [-0.2, -0.15) is 0 Å². The summed E-state index contributed by atoms with van der Waals surface area (Å²) in [6.45, 7) is 7.59. The third-order valence-electron chi connectivity index (χ3n) is 1.21. The van der Waals surface area contributed by atoms with E-state index in [0.29, 0.717) is 15.6 Å². The lowest BCUT2D eigenvalue weighted by Crippen LogP contribution is -1.76. The molecule has 1 unspecified atom stereocenters. The lowest BCUT2D eigenvalue weighted by molar-refractivity contribution is 0.399. The van der Waals surface area contributed by atoms with Gasteiger partial charge in [-0.15, -0.1) is 0 Å². The monoisotopic (exact) mass is 273 g/mol. The normalized spacial score (nSPS) is 12.5. The van der Waals surface area contributed by atoms with Crippen LogP contribution in [0, 0.1) is 0 Å². The lowest BCUT2D eigenvalue weighted by Gasteiger charge is -1.77. The van der Waals surface area contributed by atoms with Crippen molar-refractivity contribution in [1.82, 2.24) is 0 Å². The Bertz CT molecular complexity index is 61.4. The largest absolute Gasteiger partial charge is 0.400 e. The van der Waals surface area contributed by atoms with Gasteiger partial charge in [0.2, 0.25) is 0 Å². The highest BCUT2D eigenvalue weighted by atomic mass is 28.2. The molecule has 1 aliphatic rings. The highest BCUT2D eigenvalue weighted by Crippen LogP contribution is 2.04. The molecule has 0 bridgehead atoms. The average molecular weight is 274 g/mol. The van der Waals surface area contributed by atoms with Gasteiger partial charge < -0.3 is 15.6 Å². The Morgan fingerprint density at radius 2 is 1.24 bits per heavy atom. The number of epoxide rings is 1. The molecule has 116 valence electrons. The van der Waals surface area contributed by atoms with Crippen LogP contribution in [0.3, 0.4) is 0 Å². The first kappa shape index (κ1) is 43.5. The Hall–Kier alpha value is 0.0969. The summed E-state index contributed by atoms with van der Waals surface area (Å²) in [7, 11) is 2.93. The molecule has 0 aromatic carbocycles. The fourth-order valence-corrected chi connectivity index (χ4v) is 1.16. The van der Waals surface area contributed by atoms with Crippen LogP contribution < -0.4 is 5.73 Å². The third kappa shape index (κ3) is 123. The Kier molecular flexibility index (Phi) is 143. The van der Waals surface area contributed by atoms with Crippen LogP contribution >= 0.6 is 0 Å². The number of rotatable bonds is 2. The molecule has 1 rings (SSSR count). The fourth-order valence-electron chi connectivity index (χ4n) is 0.450. The smallest absolute Gasteiger partial charge is 0.0781 e. The van der Waals surface area contributed by atoms with Crippen LogP contribution in [0.4, 0.5) is 0 Å². The summed E-state index contributed by atoms with van der Waals surface area (Å²) < 4.78 is 4.71. The van der Waals surface area contributed by atoms with E-state index in [1.54, 1.807) is 0 Å². The van der Waals surface area contributed by atoms with E-state index in [1.165, 1.54) is 19.1 Å². The summed E-state index contributed by atoms with van der Waals surface area (Å²) in [4.78, 5) is 0. The van der Waals surface area contributed by atoms with Gasteiger partial charge in [0.25, 0.3) is 0 Å². The highest BCUT2D eigenvalue weighted by Gasteiger charge is 2.13. The van der Waals surface area contributed by atoms with Crippen molar-refractivity contribution in [2.45, 2.75) is 68.7 Å². The van der Waals surface area contributed by atoms with E-state index in [0.717, 1.165) is 13.7 Å². The van der Waals surface area contributed by atoms with Gasteiger partial charge in [-0.1, -0.05) is 55.6 Å². The molecular weight excluding hydrogens is 230 g/mol. The van der Waals surface area contributed by atoms with Gasteiger partial charge in [0, 0.05) is 16.6 Å². The standard InChI is InChI=1S/C4H12Si.C3H6O.CH5N.CH4O.4CH4/c1-3-5-4-2;1-3-2-4-3;2*1-2;;;;/h3-5H2,1-2H3;3H,2H2,1H3;2H2,1H3;2H,1H3;4*1H4. The number of aliphatic hydroxyl groups excluding tert-OH is 1. The summed E-state index contributed by atoms with van der Waals surface area (Å²) in [6, 6.07) is 2.97. The second-order valence-corrected chi connectivity index (χ2v) is 5.20. The van der Waals surface area contributed by atoms with E-state index in [4.69, 9.17) is 9.84 Å². The van der Waals surface area contributed by atoms with Gasteiger partial charge in [-0.3, -0.25) is 0 Å². The molecule has 3 nitrogen and oxygen atoms in total. The quantitative estimate of drug-likeness (QED) is 0.600. The Morgan fingerprint density at radius 3 is 1.24 bits per heavy atom. The number of hydrogen-bond acceptors (Lipinski definition) is 3. The number of ether oxygens (including phenoxy) is 1. The maximum absolute atomic E-state index is 7.00. The minimum atomic E-state index is 0. The second kappa shape index (κ2) is 56.0. The molecule has 0 saturated carbocycles. The van der Waals surface area contributed by atoms with Crippen molar-refractivity contribution in [3.05, 3.63) is 0 Å². The van der Waals surface area contributed by atoms with E-state index in [9.17, 15) is 0 Å². The maximum atomic E-state index is 7.00. The van der Waals surface area contributed by atoms with Crippen LogP contribution in [-0.2, 0) is 4.74 Å². The molecule has 17 heavy (non-hydrogen) atoms. The molecule has 0 aromatic rings. The first-order valence-electron chi connectivity index (χ1n) is 4.95. The second-order valence-electron chi connectivity index (χ2n) is 2.50. The number of aliphatic hydroxyl groups is 1. The summed E-state index contributed by atoms with van der Waals surface area (Å²) in [5.41, 5.74) is 4.50. The van der Waals surface area contributed by atoms with Gasteiger partial charge >= 0.3 is 0 Å². The third-order valence-corrected chi connectivity index (χ3v) is 2.62. The van der Waals surface area contributed by atoms with Gasteiger partial charge in [0.15, 0.2) is 0 Å². The van der Waals surface area contributed by atoms with Crippen LogP contribution in [0.2, 0.25) is 12.1 Å². The first-order valence-corrected chi connectivity index (χ1v) is 6.95. The molecule has 1 fully saturated rings. The number of hydrogen-bond donors (Lipinski definition) is 2. The van der Waals surface area contributed by atoms with Crippen molar-refractivity contribution in [3.8, 4) is 0 Å². The summed E-state index contributed by atoms with van der Waals surface area (Å²) in [5.74, 6) is 0. The number of nitrogens with two attached hydrogens (primary N) is 1. The molecule has 1 heterocycles. The summed E-state index contributed by atoms with van der Waals surface area (Å²) in [5, 5.41) is 7.00. The first-order chi connectivity index (χ1) is 6.31. The minimum absolute atomic E-state index is 0. The van der Waals surface area contributed by atoms with Crippen molar-refractivity contribution in [2.75, 3.05) is 20.8 Å². The van der Waals surface area contributed by atoms with E-state index in [2.05, 4.69) is 26.5 Å². The summed E-state index contributed by atoms with van der Waals surface area (Å²) in [6.07, 6.45) is 0.583. The predicted octanol–water partition coefficient (Wildman–Crippen LogP) is 3.16. The van der Waals surface area contributed by atoms with Crippen molar-refractivity contribution in [3.63, 3.8) is 0 Å². The van der Waals surface area contributed by atoms with E-state index >= 15 is 0 Å². The lowest BCUT2D eigenvalue weighted by atomic mass is 10.6. The Balaban J connectivity index is -0.0000000155. The topological polar surface area (TPSA) is 58.8 Å². The van der Waals surface area contributed by atoms with Gasteiger partial charge in [-0.25, -0.2) is 0 Å². The molecule has 0 aliphatic carbocycles.